The minimum absolute atomic E-state index is 1.05. The summed E-state index contributed by atoms with van der Waals surface area (Å²) in [6.45, 7) is 4.36. The Morgan fingerprint density at radius 1 is 0.533 bits per heavy atom. The highest BCUT2D eigenvalue weighted by molar-refractivity contribution is 7.25. The molecule has 30 heavy (non-hydrogen) atoms. The van der Waals surface area contributed by atoms with E-state index >= 15 is 0 Å². The summed E-state index contributed by atoms with van der Waals surface area (Å²) >= 11 is 1.91. The zero-order valence-electron chi connectivity index (χ0n) is 17.0. The molecule has 0 spiro atoms. The SMILES string of the molecule is Cc1ccc2c(c1)Cc1cc3cc4cc5c(cc4cc3cc1-2)sc1cc(C)ccc15. The van der Waals surface area contributed by atoms with Gasteiger partial charge in [-0.2, -0.15) is 0 Å². The molecule has 0 N–H and O–H groups in total. The molecular formula is C29H20S. The number of hydrogen-bond donors (Lipinski definition) is 0. The highest BCUT2D eigenvalue weighted by Crippen LogP contribution is 2.41. The average Bonchev–Trinajstić information content (AvgIpc) is 3.24. The molecule has 0 amide bonds. The van der Waals surface area contributed by atoms with Crippen LogP contribution in [0.25, 0.3) is 52.8 Å². The van der Waals surface area contributed by atoms with Crippen molar-refractivity contribution < 1.29 is 0 Å². The molecule has 1 aromatic heterocycles. The molecule has 1 heterocycles. The van der Waals surface area contributed by atoms with Crippen molar-refractivity contribution in [1.29, 1.82) is 0 Å². The molecule has 6 aromatic rings. The predicted octanol–water partition coefficient (Wildman–Crippen LogP) is 8.55. The van der Waals surface area contributed by atoms with Gasteiger partial charge in [0, 0.05) is 20.2 Å². The molecule has 0 radical (unpaired) electrons. The summed E-state index contributed by atoms with van der Waals surface area (Å²) in [4.78, 5) is 0. The molecule has 0 atom stereocenters. The molecule has 7 rings (SSSR count). The molecule has 0 saturated carbocycles. The topological polar surface area (TPSA) is 0 Å². The van der Waals surface area contributed by atoms with E-state index in [-0.39, 0.29) is 0 Å². The van der Waals surface area contributed by atoms with Crippen LogP contribution in [0.2, 0.25) is 0 Å². The Balaban J connectivity index is 1.50. The lowest BCUT2D eigenvalue weighted by atomic mass is 9.97. The summed E-state index contributed by atoms with van der Waals surface area (Å²) in [7, 11) is 0. The number of aryl methyl sites for hydroxylation is 2. The molecule has 0 bridgehead atoms. The van der Waals surface area contributed by atoms with E-state index in [4.69, 9.17) is 0 Å². The van der Waals surface area contributed by atoms with E-state index in [1.807, 2.05) is 11.3 Å². The van der Waals surface area contributed by atoms with Gasteiger partial charge in [-0.3, -0.25) is 0 Å². The lowest BCUT2D eigenvalue weighted by Crippen LogP contribution is -1.83. The summed E-state index contributed by atoms with van der Waals surface area (Å²) in [5.41, 5.74) is 8.42. The highest BCUT2D eigenvalue weighted by atomic mass is 32.1. The zero-order chi connectivity index (χ0) is 20.0. The second-order valence-electron chi connectivity index (χ2n) is 8.84. The van der Waals surface area contributed by atoms with Crippen LogP contribution in [0.3, 0.4) is 0 Å². The van der Waals surface area contributed by atoms with Gasteiger partial charge in [-0.05, 0) is 106 Å². The third-order valence-corrected chi connectivity index (χ3v) is 7.81. The van der Waals surface area contributed by atoms with Gasteiger partial charge in [0.05, 0.1) is 0 Å². The van der Waals surface area contributed by atoms with Gasteiger partial charge in [0.2, 0.25) is 0 Å². The highest BCUT2D eigenvalue weighted by Gasteiger charge is 2.19. The van der Waals surface area contributed by atoms with E-state index in [0.29, 0.717) is 0 Å². The number of benzene rings is 5. The molecular weight excluding hydrogens is 380 g/mol. The Morgan fingerprint density at radius 2 is 1.20 bits per heavy atom. The van der Waals surface area contributed by atoms with Crippen molar-refractivity contribution >= 4 is 53.1 Å². The Bertz CT molecular complexity index is 1680. The molecule has 5 aromatic carbocycles. The third kappa shape index (κ3) is 2.27. The molecule has 0 saturated heterocycles. The minimum Gasteiger partial charge on any atom is -0.135 e. The molecule has 142 valence electrons. The maximum absolute atomic E-state index is 2.42. The van der Waals surface area contributed by atoms with Crippen LogP contribution >= 0.6 is 11.3 Å². The van der Waals surface area contributed by atoms with E-state index in [0.717, 1.165) is 6.42 Å². The van der Waals surface area contributed by atoms with Crippen molar-refractivity contribution in [2.75, 3.05) is 0 Å². The molecule has 1 aliphatic rings. The van der Waals surface area contributed by atoms with Crippen LogP contribution in [0, 0.1) is 13.8 Å². The van der Waals surface area contributed by atoms with Crippen molar-refractivity contribution in [2.24, 2.45) is 0 Å². The monoisotopic (exact) mass is 400 g/mol. The van der Waals surface area contributed by atoms with Gasteiger partial charge in [0.1, 0.15) is 0 Å². The lowest BCUT2D eigenvalue weighted by Gasteiger charge is -2.07. The van der Waals surface area contributed by atoms with E-state index < -0.39 is 0 Å². The quantitative estimate of drug-likeness (QED) is 0.224. The third-order valence-electron chi connectivity index (χ3n) is 6.70. The first-order valence-electron chi connectivity index (χ1n) is 10.6. The Kier molecular flexibility index (Phi) is 3.16. The van der Waals surface area contributed by atoms with Crippen molar-refractivity contribution in [2.45, 2.75) is 20.3 Å². The standard InChI is InChI=1S/C29H20S/c1-16-3-5-24-22(7-16)12-23-11-18-9-20-14-27-25-6-4-17(2)8-28(25)30-29(27)15-21(20)10-19(18)13-26(23)24/h3-11,13-15H,12H2,1-2H3. The molecule has 1 heteroatoms. The maximum Gasteiger partial charge on any atom is 0.0361 e. The first-order chi connectivity index (χ1) is 14.6. The summed E-state index contributed by atoms with van der Waals surface area (Å²) in [5, 5.41) is 8.11. The van der Waals surface area contributed by atoms with Gasteiger partial charge >= 0.3 is 0 Å². The van der Waals surface area contributed by atoms with E-state index in [9.17, 15) is 0 Å². The van der Waals surface area contributed by atoms with Crippen LogP contribution in [-0.2, 0) is 6.42 Å². The number of rotatable bonds is 0. The largest absolute Gasteiger partial charge is 0.135 e. The van der Waals surface area contributed by atoms with Crippen LogP contribution in [0.4, 0.5) is 0 Å². The zero-order valence-corrected chi connectivity index (χ0v) is 17.9. The van der Waals surface area contributed by atoms with Gasteiger partial charge < -0.3 is 0 Å². The first-order valence-corrected chi connectivity index (χ1v) is 11.4. The molecule has 0 unspecified atom stereocenters. The number of thiophene rings is 1. The van der Waals surface area contributed by atoms with Gasteiger partial charge in [-0.1, -0.05) is 42.0 Å². The van der Waals surface area contributed by atoms with E-state index in [1.54, 1.807) is 0 Å². The minimum atomic E-state index is 1.05. The second kappa shape index (κ2) is 5.71. The van der Waals surface area contributed by atoms with Crippen molar-refractivity contribution in [1.82, 2.24) is 0 Å². The molecule has 0 aliphatic heterocycles. The molecule has 0 nitrogen and oxygen atoms in total. The van der Waals surface area contributed by atoms with E-state index in [1.165, 1.54) is 75.1 Å². The van der Waals surface area contributed by atoms with Gasteiger partial charge in [-0.25, -0.2) is 0 Å². The Morgan fingerprint density at radius 3 is 2.10 bits per heavy atom. The summed E-state index contributed by atoms with van der Waals surface area (Å²) in [5.74, 6) is 0. The molecule has 1 aliphatic carbocycles. The smallest absolute Gasteiger partial charge is 0.0361 e. The van der Waals surface area contributed by atoms with Crippen molar-refractivity contribution in [3.63, 3.8) is 0 Å². The lowest BCUT2D eigenvalue weighted by molar-refractivity contribution is 1.25. The fourth-order valence-corrected chi connectivity index (χ4v) is 6.45. The van der Waals surface area contributed by atoms with E-state index in [2.05, 4.69) is 86.6 Å². The normalized spacial score (nSPS) is 12.9. The predicted molar refractivity (Wildman–Crippen MR) is 132 cm³/mol. The summed E-state index contributed by atoms with van der Waals surface area (Å²) in [6, 6.07) is 28.1. The van der Waals surface area contributed by atoms with Crippen LogP contribution < -0.4 is 0 Å². The second-order valence-corrected chi connectivity index (χ2v) is 9.93. The molecule has 0 fully saturated rings. The van der Waals surface area contributed by atoms with Gasteiger partial charge in [0.25, 0.3) is 0 Å². The summed E-state index contributed by atoms with van der Waals surface area (Å²) in [6.07, 6.45) is 1.05. The van der Waals surface area contributed by atoms with Crippen LogP contribution in [-0.4, -0.2) is 0 Å². The fraction of sp³-hybridized carbons (Fsp3) is 0.103. The number of hydrogen-bond acceptors (Lipinski definition) is 1. The maximum atomic E-state index is 2.42. The van der Waals surface area contributed by atoms with Crippen LogP contribution in [0.5, 0.6) is 0 Å². The first kappa shape index (κ1) is 16.6. The average molecular weight is 401 g/mol. The van der Waals surface area contributed by atoms with Crippen LogP contribution in [0.15, 0.2) is 72.8 Å². The van der Waals surface area contributed by atoms with Crippen LogP contribution in [0.1, 0.15) is 22.3 Å². The summed E-state index contributed by atoms with van der Waals surface area (Å²) < 4.78 is 2.76. The Hall–Kier alpha value is -3.16. The Labute approximate surface area is 179 Å². The van der Waals surface area contributed by atoms with Crippen molar-refractivity contribution in [3.8, 4) is 11.1 Å². The van der Waals surface area contributed by atoms with Gasteiger partial charge in [-0.15, -0.1) is 11.3 Å². The van der Waals surface area contributed by atoms with Gasteiger partial charge in [0.15, 0.2) is 0 Å². The number of fused-ring (bicyclic) bond motifs is 8. The fourth-order valence-electron chi connectivity index (χ4n) is 5.21. The van der Waals surface area contributed by atoms with Crippen molar-refractivity contribution in [3.05, 3.63) is 95.1 Å².